The lowest BCUT2D eigenvalue weighted by Crippen LogP contribution is -2.16. The van der Waals surface area contributed by atoms with Crippen LogP contribution in [0.15, 0.2) is 97.1 Å². The van der Waals surface area contributed by atoms with Crippen LogP contribution in [-0.4, -0.2) is 129 Å². The second-order valence-electron chi connectivity index (χ2n) is 25.8. The highest BCUT2D eigenvalue weighted by Gasteiger charge is 2.26. The zero-order valence-corrected chi connectivity index (χ0v) is 62.9. The molecule has 0 amide bonds. The van der Waals surface area contributed by atoms with Crippen molar-refractivity contribution in [1.29, 1.82) is 0 Å². The van der Waals surface area contributed by atoms with Crippen LogP contribution in [0, 0.1) is 0 Å². The number of unbranched alkanes of at least 4 members (excludes halogenated alkanes) is 16. The van der Waals surface area contributed by atoms with Crippen LogP contribution < -0.4 is 18.9 Å². The van der Waals surface area contributed by atoms with Gasteiger partial charge in [-0.2, -0.15) is 0 Å². The van der Waals surface area contributed by atoms with Gasteiger partial charge in [0.2, 0.25) is 0 Å². The van der Waals surface area contributed by atoms with E-state index in [-0.39, 0.29) is 78.5 Å². The molecule has 0 atom stereocenters. The Morgan fingerprint density at radius 2 is 0.423 bits per heavy atom. The number of rotatable bonds is 48. The largest absolute Gasteiger partial charge is 0.489 e. The van der Waals surface area contributed by atoms with Crippen molar-refractivity contribution in [2.45, 2.75) is 207 Å². The number of methoxy groups -OCH3 is 4. The average Bonchev–Trinajstić information content (AvgIpc) is 0.774. The highest BCUT2D eigenvalue weighted by molar-refractivity contribution is 5.93. The number of hydrogen-bond acceptors (Lipinski definition) is 20. The van der Waals surface area contributed by atoms with Gasteiger partial charge in [-0.25, -0.2) is 38.4 Å². The molecule has 1 aliphatic rings. The number of ether oxygens (including phenoxy) is 12. The minimum atomic E-state index is -0.762. The summed E-state index contributed by atoms with van der Waals surface area (Å²) in [5, 5.41) is 0. The third-order valence-corrected chi connectivity index (χ3v) is 17.5. The monoisotopic (exact) mass is 1440 g/mol. The van der Waals surface area contributed by atoms with Crippen LogP contribution in [0.3, 0.4) is 0 Å². The van der Waals surface area contributed by atoms with Gasteiger partial charge >= 0.3 is 47.8 Å². The van der Waals surface area contributed by atoms with E-state index in [4.69, 9.17) is 56.8 Å². The first-order chi connectivity index (χ1) is 50.5. The standard InChI is InChI=1S/C84H112O20/c1-9-13-17-21-25-29-61-49-65-57-67-51-62(30-26-22-18-14-10-2)53-69(82(67)102-46-42-98-78(90)38-34-74(86)94-6)59-71-55-64(32-28-24-20-16-12-4)56-72(84(71)104-48-44-100-80(92)40-36-76(88)96-8)60-70-54-63(31-27-23-19-15-11-3)52-68(83(70)103-47-43-99-79(91)39-35-75(87)95-7)58-66(50-61)81(65)101-45-41-97-77(89)37-33-73(85)93-5/h33-40,49-56H,9-32,41-48,57-60H2,1-8H3/b37-33-,38-34-,39-35-,40-36-. The highest BCUT2D eigenvalue weighted by atomic mass is 16.6. The zero-order chi connectivity index (χ0) is 75.1. The number of aryl methyl sites for hydroxylation is 4. The molecule has 4 aromatic rings. The summed E-state index contributed by atoms with van der Waals surface area (Å²) in [6.45, 7) is 7.73. The molecule has 0 radical (unpaired) electrons. The van der Waals surface area contributed by atoms with E-state index in [2.05, 4.69) is 76.2 Å². The van der Waals surface area contributed by atoms with E-state index in [1.165, 1.54) is 28.4 Å². The van der Waals surface area contributed by atoms with Crippen molar-refractivity contribution < 1.29 is 95.2 Å². The Bertz CT molecular complexity index is 2950. The number of benzene rings is 4. The average molecular weight is 1440 g/mol. The SMILES string of the molecule is CCCCCCCc1cc2c(OCCOC(=O)/C=C\C(=O)OC)c(c1)Cc1cc(CCCCCCC)cc(c1OCCOC(=O)/C=C\C(=O)OC)Cc1cc(CCCCCCC)cc(c1OCCOC(=O)/C=C\C(=O)OC)Cc1cc(CCCCCCC)cc(c1OCCOC(=O)/C=C\C(=O)OC)C2. The smallest absolute Gasteiger partial charge is 0.331 e. The van der Waals surface area contributed by atoms with Crippen LogP contribution in [-0.2, 0) is 128 Å². The van der Waals surface area contributed by atoms with E-state index in [0.29, 0.717) is 23.0 Å². The molecule has 4 aromatic carbocycles. The molecule has 0 fully saturated rings. The lowest BCUT2D eigenvalue weighted by Gasteiger charge is -2.25. The first-order valence-electron chi connectivity index (χ1n) is 37.4. The van der Waals surface area contributed by atoms with E-state index in [9.17, 15) is 38.4 Å². The molecule has 20 heteroatoms. The van der Waals surface area contributed by atoms with Gasteiger partial charge in [-0.3, -0.25) is 0 Å². The molecule has 8 bridgehead atoms. The Hall–Kier alpha value is -9.20. The predicted octanol–water partition coefficient (Wildman–Crippen LogP) is 15.0. The van der Waals surface area contributed by atoms with Crippen molar-refractivity contribution in [3.63, 3.8) is 0 Å². The summed E-state index contributed by atoms with van der Waals surface area (Å²) in [6.07, 6.45) is 33.0. The number of esters is 8. The van der Waals surface area contributed by atoms with Crippen LogP contribution in [0.5, 0.6) is 23.0 Å². The molecule has 5 rings (SSSR count). The maximum Gasteiger partial charge on any atom is 0.331 e. The van der Waals surface area contributed by atoms with Crippen LogP contribution in [0.1, 0.15) is 223 Å². The Kier molecular flexibility index (Phi) is 41.3. The van der Waals surface area contributed by atoms with Gasteiger partial charge in [-0.1, -0.05) is 179 Å². The summed E-state index contributed by atoms with van der Waals surface area (Å²) in [5.41, 5.74) is 10.9. The van der Waals surface area contributed by atoms with Crippen LogP contribution in [0.4, 0.5) is 0 Å². The van der Waals surface area contributed by atoms with Gasteiger partial charge in [0.15, 0.2) is 0 Å². The number of carbonyl (C=O) groups excluding carboxylic acids is 8. The summed E-state index contributed by atoms with van der Waals surface area (Å²) in [7, 11) is 4.86. The predicted molar refractivity (Wildman–Crippen MR) is 397 cm³/mol. The molecular weight excluding hydrogens is 1330 g/mol. The fraction of sp³-hybridized carbons (Fsp3) is 0.524. The molecule has 568 valence electrons. The van der Waals surface area contributed by atoms with E-state index >= 15 is 0 Å². The Morgan fingerprint density at radius 3 is 0.596 bits per heavy atom. The summed E-state index contributed by atoms with van der Waals surface area (Å²) < 4.78 is 69.5. The van der Waals surface area contributed by atoms with Crippen LogP contribution in [0.25, 0.3) is 0 Å². The molecule has 1 aliphatic carbocycles. The Morgan fingerprint density at radius 1 is 0.250 bits per heavy atom. The van der Waals surface area contributed by atoms with Gasteiger partial charge in [-0.05, 0) is 118 Å². The zero-order valence-electron chi connectivity index (χ0n) is 62.9. The van der Waals surface area contributed by atoms with Crippen molar-refractivity contribution in [2.75, 3.05) is 81.3 Å². The maximum atomic E-state index is 13.1. The van der Waals surface area contributed by atoms with Crippen molar-refractivity contribution in [3.05, 3.63) is 164 Å². The topological polar surface area (TPSA) is 247 Å². The minimum absolute atomic E-state index is 0.0830. The van der Waals surface area contributed by atoms with Crippen molar-refractivity contribution in [3.8, 4) is 23.0 Å². The van der Waals surface area contributed by atoms with Crippen molar-refractivity contribution in [2.24, 2.45) is 0 Å². The summed E-state index contributed by atoms with van der Waals surface area (Å²) >= 11 is 0. The number of carbonyl (C=O) groups is 8. The fourth-order valence-electron chi connectivity index (χ4n) is 12.4. The van der Waals surface area contributed by atoms with E-state index in [0.717, 1.165) is 269 Å². The number of hydrogen-bond donors (Lipinski definition) is 0. The summed E-state index contributed by atoms with van der Waals surface area (Å²) in [6, 6.07) is 17.6. The van der Waals surface area contributed by atoms with Crippen molar-refractivity contribution >= 4 is 47.8 Å². The first-order valence-corrected chi connectivity index (χ1v) is 37.4. The highest BCUT2D eigenvalue weighted by Crippen LogP contribution is 2.42. The lowest BCUT2D eigenvalue weighted by atomic mass is 9.87. The summed E-state index contributed by atoms with van der Waals surface area (Å²) in [4.78, 5) is 100. The van der Waals surface area contributed by atoms with Gasteiger partial charge in [0.05, 0.1) is 28.4 Å². The van der Waals surface area contributed by atoms with Gasteiger partial charge in [0.1, 0.15) is 75.9 Å². The minimum Gasteiger partial charge on any atom is -0.489 e. The molecule has 0 spiro atoms. The molecule has 0 saturated heterocycles. The molecule has 0 N–H and O–H groups in total. The second kappa shape index (κ2) is 50.2. The van der Waals surface area contributed by atoms with Gasteiger partial charge < -0.3 is 56.8 Å². The fourth-order valence-corrected chi connectivity index (χ4v) is 12.4. The van der Waals surface area contributed by atoms with Gasteiger partial charge in [0.25, 0.3) is 0 Å². The third kappa shape index (κ3) is 32.6. The molecule has 0 aliphatic heterocycles. The van der Waals surface area contributed by atoms with E-state index in [1.807, 2.05) is 0 Å². The van der Waals surface area contributed by atoms with E-state index in [1.54, 1.807) is 0 Å². The molecule has 20 nitrogen and oxygen atoms in total. The second-order valence-corrected chi connectivity index (χ2v) is 25.8. The first kappa shape index (κ1) is 85.4. The van der Waals surface area contributed by atoms with Gasteiger partial charge in [0, 0.05) is 74.3 Å². The van der Waals surface area contributed by atoms with Crippen LogP contribution in [0.2, 0.25) is 0 Å². The lowest BCUT2D eigenvalue weighted by molar-refractivity contribution is -0.140. The molecule has 0 heterocycles. The molecule has 0 unspecified atom stereocenters. The number of fused-ring (bicyclic) bond motifs is 8. The molecule has 0 saturated carbocycles. The van der Waals surface area contributed by atoms with Gasteiger partial charge in [-0.15, -0.1) is 0 Å². The van der Waals surface area contributed by atoms with E-state index < -0.39 is 47.8 Å². The third-order valence-electron chi connectivity index (χ3n) is 17.5. The maximum absolute atomic E-state index is 13.1. The normalized spacial score (nSPS) is 11.9. The van der Waals surface area contributed by atoms with Crippen LogP contribution >= 0.6 is 0 Å². The quantitative estimate of drug-likeness (QED) is 0.0152. The summed E-state index contributed by atoms with van der Waals surface area (Å²) in [5.74, 6) is -3.71. The molecular formula is C84H112O20. The molecule has 0 aromatic heterocycles. The molecule has 104 heavy (non-hydrogen) atoms. The van der Waals surface area contributed by atoms with Crippen molar-refractivity contribution in [1.82, 2.24) is 0 Å². The Balaban J connectivity index is 1.94. The Labute approximate surface area is 615 Å².